The van der Waals surface area contributed by atoms with Gasteiger partial charge in [0, 0.05) is 5.41 Å². The van der Waals surface area contributed by atoms with Gasteiger partial charge >= 0.3 is 5.97 Å². The van der Waals surface area contributed by atoms with Gasteiger partial charge in [-0.3, -0.25) is 4.79 Å². The van der Waals surface area contributed by atoms with Gasteiger partial charge in [-0.25, -0.2) is 0 Å². The van der Waals surface area contributed by atoms with Crippen LogP contribution < -0.4 is 5.73 Å². The van der Waals surface area contributed by atoms with Gasteiger partial charge in [-0.05, 0) is 25.5 Å². The summed E-state index contributed by atoms with van der Waals surface area (Å²) >= 11 is 0. The molecule has 18 heavy (non-hydrogen) atoms. The summed E-state index contributed by atoms with van der Waals surface area (Å²) in [6, 6.07) is -0.782. The highest BCUT2D eigenvalue weighted by Crippen LogP contribution is 2.29. The molecule has 0 amide bonds. The number of aliphatic hydroxyl groups is 1. The van der Waals surface area contributed by atoms with Crippen molar-refractivity contribution in [2.24, 2.45) is 11.1 Å². The van der Waals surface area contributed by atoms with E-state index in [1.165, 1.54) is 7.11 Å². The first-order valence-electron chi connectivity index (χ1n) is 5.91. The van der Waals surface area contributed by atoms with E-state index in [1.54, 1.807) is 19.1 Å². The van der Waals surface area contributed by atoms with Gasteiger partial charge in [0.15, 0.2) is 0 Å². The van der Waals surface area contributed by atoms with E-state index >= 15 is 0 Å². The van der Waals surface area contributed by atoms with E-state index in [9.17, 15) is 9.90 Å². The molecule has 1 aliphatic carbocycles. The van der Waals surface area contributed by atoms with Gasteiger partial charge in [0.2, 0.25) is 0 Å². The lowest BCUT2D eigenvalue weighted by molar-refractivity contribution is -0.146. The molecule has 1 aliphatic rings. The molecule has 102 valence electrons. The van der Waals surface area contributed by atoms with Crippen molar-refractivity contribution < 1.29 is 19.4 Å². The van der Waals surface area contributed by atoms with E-state index in [0.717, 1.165) is 0 Å². The Bertz CT molecular complexity index is 364. The molecule has 0 aliphatic heterocycles. The zero-order valence-electron chi connectivity index (χ0n) is 11.1. The van der Waals surface area contributed by atoms with Crippen molar-refractivity contribution in [3.8, 4) is 0 Å². The molecule has 0 aromatic heterocycles. The van der Waals surface area contributed by atoms with Crippen LogP contribution in [0.3, 0.4) is 0 Å². The number of carbonyl (C=O) groups is 1. The summed E-state index contributed by atoms with van der Waals surface area (Å²) in [5.74, 6) is -0.212. The van der Waals surface area contributed by atoms with Crippen molar-refractivity contribution in [1.82, 2.24) is 0 Å². The van der Waals surface area contributed by atoms with E-state index in [0.29, 0.717) is 13.0 Å². The first-order valence-corrected chi connectivity index (χ1v) is 5.91. The minimum Gasteiger partial charge on any atom is -0.508 e. The highest BCUT2D eigenvalue weighted by molar-refractivity contribution is 5.75. The summed E-state index contributed by atoms with van der Waals surface area (Å²) in [5, 5.41) is 9.26. The van der Waals surface area contributed by atoms with Crippen molar-refractivity contribution in [2.75, 3.05) is 13.7 Å². The molecular weight excluding hydrogens is 234 g/mol. The summed E-state index contributed by atoms with van der Waals surface area (Å²) in [7, 11) is 1.30. The smallest absolute Gasteiger partial charge is 0.325 e. The number of esters is 1. The molecule has 0 aromatic carbocycles. The van der Waals surface area contributed by atoms with Crippen LogP contribution in [-0.4, -0.2) is 36.9 Å². The number of rotatable bonds is 5. The van der Waals surface area contributed by atoms with Crippen LogP contribution in [0.1, 0.15) is 20.3 Å². The largest absolute Gasteiger partial charge is 0.508 e. The van der Waals surface area contributed by atoms with Gasteiger partial charge in [-0.1, -0.05) is 13.0 Å². The number of hydrogen-bond donors (Lipinski definition) is 2. The molecule has 3 atom stereocenters. The SMILES string of the molecule is COC(=O)[C@@H](N)[C@@H](C)OCC1(C)C=CC(O)=CC1. The molecule has 0 radical (unpaired) electrons. The standard InChI is InChI=1S/C13H21NO4/c1-9(11(14)12(16)17-3)18-8-13(2)6-4-10(15)5-7-13/h4-6,9,11,15H,7-8,14H2,1-3H3/t9-,11+,13?/m1/s1. The lowest BCUT2D eigenvalue weighted by Gasteiger charge is -2.29. The van der Waals surface area contributed by atoms with Gasteiger partial charge in [-0.15, -0.1) is 0 Å². The highest BCUT2D eigenvalue weighted by Gasteiger charge is 2.27. The summed E-state index contributed by atoms with van der Waals surface area (Å²) in [4.78, 5) is 11.2. The summed E-state index contributed by atoms with van der Waals surface area (Å²) < 4.78 is 10.2. The number of aliphatic hydroxyl groups excluding tert-OH is 1. The first-order chi connectivity index (χ1) is 8.38. The summed E-state index contributed by atoms with van der Waals surface area (Å²) in [6.45, 7) is 4.19. The molecule has 1 rings (SSSR count). The van der Waals surface area contributed by atoms with Crippen molar-refractivity contribution >= 4 is 5.97 Å². The lowest BCUT2D eigenvalue weighted by atomic mass is 9.84. The fourth-order valence-corrected chi connectivity index (χ4v) is 1.62. The number of methoxy groups -OCH3 is 1. The molecule has 0 aromatic rings. The fraction of sp³-hybridized carbons (Fsp3) is 0.615. The van der Waals surface area contributed by atoms with Crippen LogP contribution in [0, 0.1) is 5.41 Å². The van der Waals surface area contributed by atoms with Crippen molar-refractivity contribution in [3.05, 3.63) is 24.0 Å². The third-order valence-corrected chi connectivity index (χ3v) is 3.09. The van der Waals surface area contributed by atoms with Crippen LogP contribution >= 0.6 is 0 Å². The van der Waals surface area contributed by atoms with Crippen LogP contribution in [0.15, 0.2) is 24.0 Å². The van der Waals surface area contributed by atoms with E-state index in [2.05, 4.69) is 4.74 Å². The van der Waals surface area contributed by atoms with Crippen molar-refractivity contribution in [2.45, 2.75) is 32.4 Å². The monoisotopic (exact) mass is 255 g/mol. The van der Waals surface area contributed by atoms with Crippen LogP contribution in [0.4, 0.5) is 0 Å². The molecule has 0 saturated carbocycles. The quantitative estimate of drug-likeness (QED) is 0.724. The van der Waals surface area contributed by atoms with E-state index < -0.39 is 18.1 Å². The average Bonchev–Trinajstić information content (AvgIpc) is 2.38. The van der Waals surface area contributed by atoms with E-state index in [1.807, 2.05) is 13.0 Å². The molecule has 0 fully saturated rings. The molecule has 5 nitrogen and oxygen atoms in total. The van der Waals surface area contributed by atoms with Crippen LogP contribution in [0.25, 0.3) is 0 Å². The fourth-order valence-electron chi connectivity index (χ4n) is 1.62. The Kier molecular flexibility index (Phi) is 4.93. The molecule has 3 N–H and O–H groups in total. The van der Waals surface area contributed by atoms with Gasteiger partial charge < -0.3 is 20.3 Å². The molecule has 0 saturated heterocycles. The third kappa shape index (κ3) is 3.85. The summed E-state index contributed by atoms with van der Waals surface area (Å²) in [6.07, 6.45) is 5.57. The maximum absolute atomic E-state index is 11.2. The van der Waals surface area contributed by atoms with E-state index in [-0.39, 0.29) is 11.2 Å². The number of carbonyl (C=O) groups excluding carboxylic acids is 1. The van der Waals surface area contributed by atoms with Gasteiger partial charge in [0.1, 0.15) is 11.8 Å². The second-order valence-electron chi connectivity index (χ2n) is 4.89. The molecule has 5 heteroatoms. The summed E-state index contributed by atoms with van der Waals surface area (Å²) in [5.41, 5.74) is 5.50. The second-order valence-corrected chi connectivity index (χ2v) is 4.89. The zero-order chi connectivity index (χ0) is 13.8. The zero-order valence-corrected chi connectivity index (χ0v) is 11.1. The lowest BCUT2D eigenvalue weighted by Crippen LogP contribution is -2.43. The minimum atomic E-state index is -0.782. The topological polar surface area (TPSA) is 81.8 Å². The normalized spacial score (nSPS) is 26.3. The molecular formula is C13H21NO4. The van der Waals surface area contributed by atoms with Gasteiger partial charge in [0.25, 0.3) is 0 Å². The maximum atomic E-state index is 11.2. The van der Waals surface area contributed by atoms with Gasteiger partial charge in [-0.2, -0.15) is 0 Å². The molecule has 0 heterocycles. The number of nitrogens with two attached hydrogens (primary N) is 1. The van der Waals surface area contributed by atoms with E-state index in [4.69, 9.17) is 10.5 Å². The number of allylic oxidation sites excluding steroid dienone is 2. The predicted octanol–water partition coefficient (Wildman–Crippen LogP) is 1.30. The third-order valence-electron chi connectivity index (χ3n) is 3.09. The predicted molar refractivity (Wildman–Crippen MR) is 68.0 cm³/mol. The Labute approximate surface area is 107 Å². The maximum Gasteiger partial charge on any atom is 0.325 e. The Morgan fingerprint density at radius 1 is 1.67 bits per heavy atom. The van der Waals surface area contributed by atoms with Gasteiger partial charge in [0.05, 0.1) is 19.8 Å². The number of hydrogen-bond acceptors (Lipinski definition) is 5. The molecule has 0 spiro atoms. The second kappa shape index (κ2) is 6.02. The van der Waals surface area contributed by atoms with Crippen molar-refractivity contribution in [3.63, 3.8) is 0 Å². The minimum absolute atomic E-state index is 0.184. The number of ether oxygens (including phenoxy) is 2. The van der Waals surface area contributed by atoms with Crippen LogP contribution in [-0.2, 0) is 14.3 Å². The van der Waals surface area contributed by atoms with Crippen LogP contribution in [0.2, 0.25) is 0 Å². The Hall–Kier alpha value is -1.33. The molecule has 1 unspecified atom stereocenters. The van der Waals surface area contributed by atoms with Crippen LogP contribution in [0.5, 0.6) is 0 Å². The Morgan fingerprint density at radius 2 is 2.33 bits per heavy atom. The highest BCUT2D eigenvalue weighted by atomic mass is 16.5. The van der Waals surface area contributed by atoms with Crippen molar-refractivity contribution in [1.29, 1.82) is 0 Å². The average molecular weight is 255 g/mol. The molecule has 0 bridgehead atoms. The Balaban J connectivity index is 2.46. The Morgan fingerprint density at radius 3 is 2.83 bits per heavy atom. The first kappa shape index (κ1) is 14.7.